The first-order chi connectivity index (χ1) is 13.1. The van der Waals surface area contributed by atoms with E-state index in [4.69, 9.17) is 10.2 Å². The summed E-state index contributed by atoms with van der Waals surface area (Å²) in [5.74, 6) is -3.89. The van der Waals surface area contributed by atoms with Crippen LogP contribution in [0.5, 0.6) is 0 Å². The summed E-state index contributed by atoms with van der Waals surface area (Å²) < 4.78 is 0. The minimum absolute atomic E-state index is 0.00338. The average Bonchev–Trinajstić information content (AvgIpc) is 2.63. The first kappa shape index (κ1) is 25.9. The van der Waals surface area contributed by atoms with Gasteiger partial charge in [-0.3, -0.25) is 9.59 Å². The van der Waals surface area contributed by atoms with Crippen LogP contribution in [0.2, 0.25) is 0 Å². The fraction of sp³-hybridized carbons (Fsp3) is 0.909. The highest BCUT2D eigenvalue weighted by Crippen LogP contribution is 2.13. The molecule has 0 unspecified atom stereocenters. The van der Waals surface area contributed by atoms with Crippen molar-refractivity contribution in [2.45, 2.75) is 110 Å². The molecule has 0 rings (SSSR count). The van der Waals surface area contributed by atoms with Gasteiger partial charge in [-0.15, -0.1) is 0 Å². The molecular weight excluding hydrogens is 342 g/mol. The zero-order chi connectivity index (χ0) is 20.2. The Labute approximate surface area is 166 Å². The Morgan fingerprint density at radius 3 is 1.30 bits per heavy atom. The van der Waals surface area contributed by atoms with Crippen molar-refractivity contribution in [2.75, 3.05) is 13.1 Å². The lowest BCUT2D eigenvalue weighted by Gasteiger charge is -2.08. The first-order valence-corrected chi connectivity index (χ1v) is 11.3. The highest BCUT2D eigenvalue weighted by atomic mass is 16.4. The van der Waals surface area contributed by atoms with Crippen molar-refractivity contribution in [2.24, 2.45) is 5.92 Å². The van der Waals surface area contributed by atoms with Crippen molar-refractivity contribution in [3.63, 3.8) is 0 Å². The number of carboxylic acid groups (broad SMARTS) is 2. The molecule has 0 spiro atoms. The lowest BCUT2D eigenvalue weighted by molar-refractivity contribution is -0.154. The predicted molar refractivity (Wildman–Crippen MR) is 111 cm³/mol. The standard InChI is InChI=1S/C22H43NO4/c1-2-3-4-5-6-7-8-9-10-11-12-13-14-15-16-17-18-23-19-20(21(24)25)22(26)27/h20,23H,2-19H2,1H3,(H,24,25)(H,26,27). The zero-order valence-electron chi connectivity index (χ0n) is 17.5. The third kappa shape index (κ3) is 18.0. The van der Waals surface area contributed by atoms with Gasteiger partial charge in [0, 0.05) is 6.54 Å². The van der Waals surface area contributed by atoms with Gasteiger partial charge in [0.25, 0.3) is 0 Å². The molecule has 0 atom stereocenters. The van der Waals surface area contributed by atoms with E-state index >= 15 is 0 Å². The van der Waals surface area contributed by atoms with Crippen molar-refractivity contribution in [3.05, 3.63) is 0 Å². The molecule has 5 heteroatoms. The molecule has 0 bridgehead atoms. The maximum absolute atomic E-state index is 10.7. The molecule has 0 amide bonds. The number of rotatable bonds is 21. The fourth-order valence-electron chi connectivity index (χ4n) is 3.32. The van der Waals surface area contributed by atoms with E-state index in [1.54, 1.807) is 0 Å². The second-order valence-corrected chi connectivity index (χ2v) is 7.74. The largest absolute Gasteiger partial charge is 0.481 e. The van der Waals surface area contributed by atoms with Crippen molar-refractivity contribution in [1.82, 2.24) is 5.32 Å². The van der Waals surface area contributed by atoms with Crippen LogP contribution in [0.25, 0.3) is 0 Å². The SMILES string of the molecule is CCCCCCCCCCCCCCCCCCNCC(C(=O)O)C(=O)O. The molecule has 0 heterocycles. The Morgan fingerprint density at radius 2 is 0.963 bits per heavy atom. The van der Waals surface area contributed by atoms with Crippen LogP contribution in [0.15, 0.2) is 0 Å². The minimum atomic E-state index is -1.34. The number of carbonyl (C=O) groups is 2. The van der Waals surface area contributed by atoms with E-state index in [1.165, 1.54) is 89.9 Å². The summed E-state index contributed by atoms with van der Waals surface area (Å²) in [7, 11) is 0. The Hall–Kier alpha value is -1.10. The molecule has 0 aromatic heterocycles. The molecule has 0 aromatic carbocycles. The maximum Gasteiger partial charge on any atom is 0.319 e. The van der Waals surface area contributed by atoms with Crippen LogP contribution in [0.1, 0.15) is 110 Å². The summed E-state index contributed by atoms with van der Waals surface area (Å²) in [6.45, 7) is 2.96. The summed E-state index contributed by atoms with van der Waals surface area (Å²) >= 11 is 0. The number of carboxylic acids is 2. The summed E-state index contributed by atoms with van der Waals surface area (Å²) in [4.78, 5) is 21.5. The van der Waals surface area contributed by atoms with E-state index in [0.29, 0.717) is 6.54 Å². The van der Waals surface area contributed by atoms with Crippen molar-refractivity contribution >= 4 is 11.9 Å². The predicted octanol–water partition coefficient (Wildman–Crippen LogP) is 5.62. The lowest BCUT2D eigenvalue weighted by Crippen LogP contribution is -2.34. The fourth-order valence-corrected chi connectivity index (χ4v) is 3.32. The van der Waals surface area contributed by atoms with E-state index in [0.717, 1.165) is 12.8 Å². The molecule has 0 saturated heterocycles. The van der Waals surface area contributed by atoms with Crippen LogP contribution in [-0.4, -0.2) is 35.2 Å². The van der Waals surface area contributed by atoms with Gasteiger partial charge < -0.3 is 15.5 Å². The Kier molecular flexibility index (Phi) is 18.9. The molecule has 0 aromatic rings. The topological polar surface area (TPSA) is 86.6 Å². The van der Waals surface area contributed by atoms with Gasteiger partial charge in [-0.25, -0.2) is 0 Å². The van der Waals surface area contributed by atoms with Crippen molar-refractivity contribution in [1.29, 1.82) is 0 Å². The van der Waals surface area contributed by atoms with Gasteiger partial charge in [0.05, 0.1) is 0 Å². The van der Waals surface area contributed by atoms with Gasteiger partial charge in [0.15, 0.2) is 5.92 Å². The molecule has 3 N–H and O–H groups in total. The maximum atomic E-state index is 10.7. The summed E-state index contributed by atoms with van der Waals surface area (Å²) in [6.07, 6.45) is 21.2. The van der Waals surface area contributed by atoms with Gasteiger partial charge in [-0.05, 0) is 13.0 Å². The lowest BCUT2D eigenvalue weighted by atomic mass is 10.0. The number of unbranched alkanes of at least 4 members (excludes halogenated alkanes) is 15. The Morgan fingerprint density at radius 1 is 0.630 bits per heavy atom. The van der Waals surface area contributed by atoms with E-state index < -0.39 is 17.9 Å². The van der Waals surface area contributed by atoms with Crippen molar-refractivity contribution < 1.29 is 19.8 Å². The van der Waals surface area contributed by atoms with Gasteiger partial charge in [0.2, 0.25) is 0 Å². The van der Waals surface area contributed by atoms with Gasteiger partial charge in [-0.2, -0.15) is 0 Å². The van der Waals surface area contributed by atoms with Crippen LogP contribution in [0.4, 0.5) is 0 Å². The molecule has 0 aliphatic rings. The first-order valence-electron chi connectivity index (χ1n) is 11.3. The Balaban J connectivity index is 3.19. The second kappa shape index (κ2) is 19.7. The molecule has 0 aliphatic carbocycles. The van der Waals surface area contributed by atoms with E-state index in [-0.39, 0.29) is 6.54 Å². The molecule has 160 valence electrons. The smallest absolute Gasteiger partial charge is 0.319 e. The molecule has 5 nitrogen and oxygen atoms in total. The number of aliphatic carboxylic acids is 2. The normalized spacial score (nSPS) is 11.2. The van der Waals surface area contributed by atoms with Crippen LogP contribution in [-0.2, 0) is 9.59 Å². The Bertz CT molecular complexity index is 346. The van der Waals surface area contributed by atoms with Crippen LogP contribution in [0, 0.1) is 5.92 Å². The van der Waals surface area contributed by atoms with E-state index in [1.807, 2.05) is 0 Å². The van der Waals surface area contributed by atoms with Gasteiger partial charge >= 0.3 is 11.9 Å². The molecule has 0 radical (unpaired) electrons. The third-order valence-corrected chi connectivity index (χ3v) is 5.15. The third-order valence-electron chi connectivity index (χ3n) is 5.15. The quantitative estimate of drug-likeness (QED) is 0.176. The van der Waals surface area contributed by atoms with Crippen LogP contribution < -0.4 is 5.32 Å². The molecule has 27 heavy (non-hydrogen) atoms. The molecule has 0 aliphatic heterocycles. The minimum Gasteiger partial charge on any atom is -0.481 e. The van der Waals surface area contributed by atoms with Crippen molar-refractivity contribution in [3.8, 4) is 0 Å². The second-order valence-electron chi connectivity index (χ2n) is 7.74. The zero-order valence-corrected chi connectivity index (χ0v) is 17.5. The highest BCUT2D eigenvalue weighted by Gasteiger charge is 2.24. The van der Waals surface area contributed by atoms with Crippen LogP contribution in [0.3, 0.4) is 0 Å². The molecule has 0 fully saturated rings. The number of hydrogen-bond donors (Lipinski definition) is 3. The number of nitrogens with one attached hydrogen (secondary N) is 1. The van der Waals surface area contributed by atoms with Gasteiger partial charge in [-0.1, -0.05) is 103 Å². The van der Waals surface area contributed by atoms with Gasteiger partial charge in [0.1, 0.15) is 0 Å². The summed E-state index contributed by atoms with van der Waals surface area (Å²) in [6, 6.07) is 0. The monoisotopic (exact) mass is 385 g/mol. The average molecular weight is 386 g/mol. The highest BCUT2D eigenvalue weighted by molar-refractivity contribution is 5.93. The number of hydrogen-bond acceptors (Lipinski definition) is 3. The molecular formula is C22H43NO4. The molecule has 0 saturated carbocycles. The van der Waals surface area contributed by atoms with Crippen LogP contribution >= 0.6 is 0 Å². The summed E-state index contributed by atoms with van der Waals surface area (Å²) in [5, 5.41) is 20.5. The summed E-state index contributed by atoms with van der Waals surface area (Å²) in [5.41, 5.74) is 0. The van der Waals surface area contributed by atoms with E-state index in [2.05, 4.69) is 12.2 Å². The van der Waals surface area contributed by atoms with E-state index in [9.17, 15) is 9.59 Å².